The number of imidazole rings is 1. The van der Waals surface area contributed by atoms with E-state index in [0.717, 1.165) is 10.7 Å². The fourth-order valence-electron chi connectivity index (χ4n) is 1.49. The monoisotopic (exact) mass is 249 g/mol. The lowest BCUT2D eigenvalue weighted by Crippen LogP contribution is -2.37. The highest BCUT2D eigenvalue weighted by Gasteiger charge is 2.18. The second kappa shape index (κ2) is 4.40. The number of fused-ring (bicyclic) bond motifs is 1. The highest BCUT2D eigenvalue weighted by molar-refractivity contribution is 7.15. The lowest BCUT2D eigenvalue weighted by Gasteiger charge is -2.19. The van der Waals surface area contributed by atoms with Crippen LogP contribution < -0.4 is 10.1 Å². The van der Waals surface area contributed by atoms with E-state index in [4.69, 9.17) is 11.2 Å². The zero-order chi connectivity index (χ0) is 12.5. The highest BCUT2D eigenvalue weighted by atomic mass is 32.1. The maximum absolute atomic E-state index is 5.44. The molecule has 90 valence electrons. The molecular weight excluding hydrogens is 234 g/mol. The van der Waals surface area contributed by atoms with Crippen molar-refractivity contribution >= 4 is 16.3 Å². The van der Waals surface area contributed by atoms with E-state index < -0.39 is 0 Å². The quantitative estimate of drug-likeness (QED) is 0.841. The summed E-state index contributed by atoms with van der Waals surface area (Å²) in [4.78, 5) is 5.31. The molecule has 2 heterocycles. The van der Waals surface area contributed by atoms with Crippen LogP contribution in [0.25, 0.3) is 4.96 Å². The first-order valence-corrected chi connectivity index (χ1v) is 6.16. The lowest BCUT2D eigenvalue weighted by atomic mass is 10.1. The summed E-state index contributed by atoms with van der Waals surface area (Å²) in [5, 5.41) is 5.29. The summed E-state index contributed by atoms with van der Waals surface area (Å²) in [6.07, 6.45) is 7.43. The van der Waals surface area contributed by atoms with E-state index in [-0.39, 0.29) is 5.54 Å². The molecule has 2 aromatic rings. The molecule has 0 saturated carbocycles. The summed E-state index contributed by atoms with van der Waals surface area (Å²) < 4.78 is 7.29. The zero-order valence-electron chi connectivity index (χ0n) is 10.2. The summed E-state index contributed by atoms with van der Waals surface area (Å²) in [6.45, 7) is 4.55. The Bertz CT molecular complexity index is 562. The average Bonchev–Trinajstić information content (AvgIpc) is 2.86. The molecule has 4 nitrogen and oxygen atoms in total. The lowest BCUT2D eigenvalue weighted by molar-refractivity contribution is 0.388. The molecule has 0 aliphatic rings. The Labute approximate surface area is 105 Å². The van der Waals surface area contributed by atoms with Gasteiger partial charge in [-0.05, 0) is 13.8 Å². The Hall–Kier alpha value is -1.51. The van der Waals surface area contributed by atoms with E-state index in [1.54, 1.807) is 18.4 Å². The molecule has 0 atom stereocenters. The van der Waals surface area contributed by atoms with Gasteiger partial charge in [0.25, 0.3) is 0 Å². The standard InChI is InChI=1S/C12H15N3OS/c1-5-12(2,3)13-8-9-10(16-4)14-11-15(9)6-7-17-11/h1,6-7,13H,8H2,2-4H3. The van der Waals surface area contributed by atoms with Gasteiger partial charge in [-0.15, -0.1) is 17.8 Å². The van der Waals surface area contributed by atoms with Crippen molar-refractivity contribution in [3.63, 3.8) is 0 Å². The van der Waals surface area contributed by atoms with Crippen LogP contribution in [0, 0.1) is 12.3 Å². The Morgan fingerprint density at radius 3 is 3.06 bits per heavy atom. The van der Waals surface area contributed by atoms with Crippen molar-refractivity contribution in [2.45, 2.75) is 25.9 Å². The molecule has 17 heavy (non-hydrogen) atoms. The van der Waals surface area contributed by atoms with E-state index in [1.165, 1.54) is 0 Å². The van der Waals surface area contributed by atoms with Crippen LogP contribution in [0.2, 0.25) is 0 Å². The Morgan fingerprint density at radius 1 is 1.65 bits per heavy atom. The number of terminal acetylenes is 1. The van der Waals surface area contributed by atoms with Gasteiger partial charge in [0.05, 0.1) is 12.6 Å². The van der Waals surface area contributed by atoms with Crippen LogP contribution in [0.5, 0.6) is 5.88 Å². The molecule has 2 rings (SSSR count). The van der Waals surface area contributed by atoms with Gasteiger partial charge in [-0.3, -0.25) is 9.72 Å². The number of nitrogens with one attached hydrogen (secondary N) is 1. The normalized spacial score (nSPS) is 11.6. The van der Waals surface area contributed by atoms with Crippen molar-refractivity contribution in [2.75, 3.05) is 7.11 Å². The topological polar surface area (TPSA) is 38.6 Å². The third-order valence-electron chi connectivity index (χ3n) is 2.58. The first-order chi connectivity index (χ1) is 8.07. The molecule has 0 unspecified atom stereocenters. The summed E-state index contributed by atoms with van der Waals surface area (Å²) in [7, 11) is 1.63. The fraction of sp³-hybridized carbons (Fsp3) is 0.417. The minimum absolute atomic E-state index is 0.342. The molecule has 0 saturated heterocycles. The Balaban J connectivity index is 2.28. The van der Waals surface area contributed by atoms with E-state index in [9.17, 15) is 0 Å². The van der Waals surface area contributed by atoms with E-state index in [0.29, 0.717) is 12.4 Å². The summed E-state index contributed by atoms with van der Waals surface area (Å²) in [6, 6.07) is 0. The number of ether oxygens (including phenoxy) is 1. The predicted octanol–water partition coefficient (Wildman–Crippen LogP) is 1.91. The van der Waals surface area contributed by atoms with Crippen LogP contribution in [0.15, 0.2) is 11.6 Å². The molecule has 5 heteroatoms. The smallest absolute Gasteiger partial charge is 0.237 e. The van der Waals surface area contributed by atoms with E-state index in [2.05, 4.69) is 16.2 Å². The summed E-state index contributed by atoms with van der Waals surface area (Å²) in [5.41, 5.74) is 0.651. The van der Waals surface area contributed by atoms with Gasteiger partial charge in [-0.25, -0.2) is 0 Å². The van der Waals surface area contributed by atoms with Gasteiger partial charge in [-0.2, -0.15) is 4.98 Å². The van der Waals surface area contributed by atoms with Gasteiger partial charge < -0.3 is 4.74 Å². The van der Waals surface area contributed by atoms with E-state index >= 15 is 0 Å². The first kappa shape index (κ1) is 12.0. The van der Waals surface area contributed by atoms with E-state index in [1.807, 2.05) is 29.8 Å². The van der Waals surface area contributed by atoms with Crippen LogP contribution >= 0.6 is 11.3 Å². The van der Waals surface area contributed by atoms with Crippen molar-refractivity contribution in [2.24, 2.45) is 0 Å². The van der Waals surface area contributed by atoms with Gasteiger partial charge in [0.15, 0.2) is 4.96 Å². The molecule has 0 aliphatic carbocycles. The van der Waals surface area contributed by atoms with Crippen LogP contribution in [-0.4, -0.2) is 22.0 Å². The van der Waals surface area contributed by atoms with Crippen LogP contribution in [-0.2, 0) is 6.54 Å². The van der Waals surface area contributed by atoms with Gasteiger partial charge >= 0.3 is 0 Å². The molecule has 0 bridgehead atoms. The summed E-state index contributed by atoms with van der Waals surface area (Å²) >= 11 is 1.58. The number of thiazole rings is 1. The third-order valence-corrected chi connectivity index (χ3v) is 3.33. The first-order valence-electron chi connectivity index (χ1n) is 5.28. The molecule has 1 N–H and O–H groups in total. The van der Waals surface area contributed by atoms with Crippen molar-refractivity contribution in [3.05, 3.63) is 17.3 Å². The van der Waals surface area contributed by atoms with Gasteiger partial charge in [0.1, 0.15) is 5.69 Å². The van der Waals surface area contributed by atoms with Crippen molar-refractivity contribution in [1.29, 1.82) is 0 Å². The van der Waals surface area contributed by atoms with Gasteiger partial charge in [0.2, 0.25) is 5.88 Å². The molecular formula is C12H15N3OS. The summed E-state index contributed by atoms with van der Waals surface area (Å²) in [5.74, 6) is 3.35. The highest BCUT2D eigenvalue weighted by Crippen LogP contribution is 2.23. The molecule has 0 radical (unpaired) electrons. The number of nitrogens with zero attached hydrogens (tertiary/aromatic N) is 2. The average molecular weight is 249 g/mol. The Morgan fingerprint density at radius 2 is 2.41 bits per heavy atom. The fourth-order valence-corrected chi connectivity index (χ4v) is 2.22. The number of rotatable bonds is 4. The predicted molar refractivity (Wildman–Crippen MR) is 69.4 cm³/mol. The number of aromatic nitrogens is 2. The molecule has 2 aromatic heterocycles. The van der Waals surface area contributed by atoms with Crippen LogP contribution in [0.1, 0.15) is 19.5 Å². The largest absolute Gasteiger partial charge is 0.480 e. The molecule has 0 aromatic carbocycles. The second-order valence-corrected chi connectivity index (χ2v) is 5.12. The number of hydrogen-bond acceptors (Lipinski definition) is 4. The van der Waals surface area contributed by atoms with Crippen LogP contribution in [0.3, 0.4) is 0 Å². The van der Waals surface area contributed by atoms with Crippen molar-refractivity contribution < 1.29 is 4.74 Å². The zero-order valence-corrected chi connectivity index (χ0v) is 11.0. The Kier molecular flexibility index (Phi) is 3.09. The third kappa shape index (κ3) is 2.28. The van der Waals surface area contributed by atoms with Gasteiger partial charge in [-0.1, -0.05) is 5.92 Å². The minimum Gasteiger partial charge on any atom is -0.480 e. The molecule has 0 fully saturated rings. The van der Waals surface area contributed by atoms with Crippen molar-refractivity contribution in [1.82, 2.24) is 14.7 Å². The number of methoxy groups -OCH3 is 1. The second-order valence-electron chi connectivity index (χ2n) is 4.25. The number of hydrogen-bond donors (Lipinski definition) is 1. The van der Waals surface area contributed by atoms with Gasteiger partial charge in [0, 0.05) is 18.1 Å². The van der Waals surface area contributed by atoms with Crippen LogP contribution in [0.4, 0.5) is 0 Å². The maximum atomic E-state index is 5.44. The SMILES string of the molecule is C#CC(C)(C)NCc1c(OC)nc2sccn12. The maximum Gasteiger partial charge on any atom is 0.237 e. The molecule has 0 spiro atoms. The van der Waals surface area contributed by atoms with Crippen molar-refractivity contribution in [3.8, 4) is 18.2 Å². The minimum atomic E-state index is -0.342. The molecule has 0 amide bonds. The molecule has 0 aliphatic heterocycles.